The fourth-order valence-electron chi connectivity index (χ4n) is 1.18. The fourth-order valence-corrected chi connectivity index (χ4v) is 1.18. The summed E-state index contributed by atoms with van der Waals surface area (Å²) in [6.45, 7) is 3.91. The third-order valence-electron chi connectivity index (χ3n) is 2.03. The second-order valence-corrected chi connectivity index (χ2v) is 3.59. The van der Waals surface area contributed by atoms with Crippen molar-refractivity contribution in [2.75, 3.05) is 0 Å². The zero-order valence-corrected chi connectivity index (χ0v) is 9.99. The Morgan fingerprint density at radius 3 is 2.38 bits per heavy atom. The Balaban J connectivity index is 4.15. The second kappa shape index (κ2) is 8.95. The van der Waals surface area contributed by atoms with Crippen LogP contribution in [0.1, 0.15) is 52.4 Å². The SMILES string of the molecule is CCCCC/C=C(\OC(=O)CCC)C(=O)O. The van der Waals surface area contributed by atoms with Crippen LogP contribution in [-0.2, 0) is 14.3 Å². The zero-order chi connectivity index (χ0) is 12.4. The lowest BCUT2D eigenvalue weighted by molar-refractivity contribution is -0.148. The maximum absolute atomic E-state index is 11.1. The van der Waals surface area contributed by atoms with E-state index in [4.69, 9.17) is 9.84 Å². The normalized spacial score (nSPS) is 11.2. The second-order valence-electron chi connectivity index (χ2n) is 3.59. The van der Waals surface area contributed by atoms with E-state index in [-0.39, 0.29) is 12.2 Å². The number of carbonyl (C=O) groups is 2. The minimum Gasteiger partial charge on any atom is -0.475 e. The summed E-state index contributed by atoms with van der Waals surface area (Å²) < 4.78 is 4.76. The highest BCUT2D eigenvalue weighted by Crippen LogP contribution is 2.07. The van der Waals surface area contributed by atoms with Crippen molar-refractivity contribution in [1.82, 2.24) is 0 Å². The molecular formula is C12H20O4. The lowest BCUT2D eigenvalue weighted by Gasteiger charge is -2.03. The van der Waals surface area contributed by atoms with Crippen LogP contribution >= 0.6 is 0 Å². The Labute approximate surface area is 96.3 Å². The van der Waals surface area contributed by atoms with Gasteiger partial charge in [0.1, 0.15) is 0 Å². The van der Waals surface area contributed by atoms with Crippen LogP contribution in [-0.4, -0.2) is 17.0 Å². The van der Waals surface area contributed by atoms with Gasteiger partial charge in [-0.1, -0.05) is 26.7 Å². The van der Waals surface area contributed by atoms with Crippen molar-refractivity contribution in [2.45, 2.75) is 52.4 Å². The number of hydrogen-bond acceptors (Lipinski definition) is 3. The molecule has 0 atom stereocenters. The molecule has 0 aromatic rings. The smallest absolute Gasteiger partial charge is 0.371 e. The van der Waals surface area contributed by atoms with Crippen LogP contribution in [0.25, 0.3) is 0 Å². The van der Waals surface area contributed by atoms with Gasteiger partial charge in [-0.2, -0.15) is 0 Å². The monoisotopic (exact) mass is 228 g/mol. The number of aliphatic carboxylic acids is 1. The molecule has 0 heterocycles. The number of rotatable bonds is 8. The van der Waals surface area contributed by atoms with Crippen LogP contribution in [0, 0.1) is 0 Å². The Morgan fingerprint density at radius 1 is 1.19 bits per heavy atom. The van der Waals surface area contributed by atoms with Crippen LogP contribution < -0.4 is 0 Å². The first-order chi connectivity index (χ1) is 7.61. The highest BCUT2D eigenvalue weighted by atomic mass is 16.6. The van der Waals surface area contributed by atoms with Gasteiger partial charge in [-0.25, -0.2) is 4.79 Å². The highest BCUT2D eigenvalue weighted by molar-refractivity contribution is 5.87. The third kappa shape index (κ3) is 7.04. The van der Waals surface area contributed by atoms with Crippen molar-refractivity contribution < 1.29 is 19.4 Å². The maximum atomic E-state index is 11.1. The van der Waals surface area contributed by atoms with Gasteiger partial charge in [0.25, 0.3) is 0 Å². The van der Waals surface area contributed by atoms with Crippen molar-refractivity contribution >= 4 is 11.9 Å². The average molecular weight is 228 g/mol. The van der Waals surface area contributed by atoms with Crippen molar-refractivity contribution in [3.8, 4) is 0 Å². The molecule has 0 rings (SSSR count). The van der Waals surface area contributed by atoms with E-state index in [0.717, 1.165) is 19.3 Å². The summed E-state index contributed by atoms with van der Waals surface area (Å²) >= 11 is 0. The Morgan fingerprint density at radius 2 is 1.88 bits per heavy atom. The molecule has 0 aromatic carbocycles. The van der Waals surface area contributed by atoms with Gasteiger partial charge in [0.2, 0.25) is 5.76 Å². The van der Waals surface area contributed by atoms with Crippen LogP contribution in [0.2, 0.25) is 0 Å². The molecule has 1 N–H and O–H groups in total. The molecular weight excluding hydrogens is 208 g/mol. The minimum atomic E-state index is -1.18. The molecule has 0 unspecified atom stereocenters. The topological polar surface area (TPSA) is 63.6 Å². The number of carboxylic acid groups (broad SMARTS) is 1. The summed E-state index contributed by atoms with van der Waals surface area (Å²) in [6, 6.07) is 0. The van der Waals surface area contributed by atoms with Gasteiger partial charge >= 0.3 is 11.9 Å². The summed E-state index contributed by atoms with van der Waals surface area (Å²) in [7, 11) is 0. The Bertz CT molecular complexity index is 256. The molecule has 4 heteroatoms. The molecule has 0 aliphatic carbocycles. The van der Waals surface area contributed by atoms with E-state index in [1.165, 1.54) is 6.08 Å². The fraction of sp³-hybridized carbons (Fsp3) is 0.667. The molecule has 0 fully saturated rings. The van der Waals surface area contributed by atoms with E-state index in [9.17, 15) is 9.59 Å². The number of carboxylic acids is 1. The molecule has 0 saturated heterocycles. The van der Waals surface area contributed by atoms with Gasteiger partial charge < -0.3 is 9.84 Å². The molecule has 92 valence electrons. The van der Waals surface area contributed by atoms with Gasteiger partial charge in [-0.3, -0.25) is 4.79 Å². The molecule has 0 spiro atoms. The standard InChI is InChI=1S/C12H20O4/c1-3-5-6-7-9-10(12(14)15)16-11(13)8-4-2/h9H,3-8H2,1-2H3,(H,14,15)/b10-9-. The van der Waals surface area contributed by atoms with E-state index in [2.05, 4.69) is 6.92 Å². The van der Waals surface area contributed by atoms with E-state index in [1.807, 2.05) is 6.92 Å². The molecule has 0 aromatic heterocycles. The first-order valence-corrected chi connectivity index (χ1v) is 5.75. The van der Waals surface area contributed by atoms with E-state index < -0.39 is 11.9 Å². The van der Waals surface area contributed by atoms with Gasteiger partial charge in [0.15, 0.2) is 0 Å². The molecule has 0 aliphatic heterocycles. The Kier molecular flexibility index (Phi) is 8.21. The quantitative estimate of drug-likeness (QED) is 0.300. The van der Waals surface area contributed by atoms with Crippen molar-refractivity contribution in [3.05, 3.63) is 11.8 Å². The molecule has 0 aliphatic rings. The average Bonchev–Trinajstić information content (AvgIpc) is 2.22. The number of esters is 1. The predicted molar refractivity (Wildman–Crippen MR) is 60.9 cm³/mol. The largest absolute Gasteiger partial charge is 0.475 e. The van der Waals surface area contributed by atoms with Crippen LogP contribution in [0.15, 0.2) is 11.8 Å². The number of unbranched alkanes of at least 4 members (excludes halogenated alkanes) is 3. The van der Waals surface area contributed by atoms with Crippen molar-refractivity contribution in [2.24, 2.45) is 0 Å². The van der Waals surface area contributed by atoms with E-state index in [0.29, 0.717) is 12.8 Å². The summed E-state index contributed by atoms with van der Waals surface area (Å²) in [6.07, 6.45) is 6.05. The number of hydrogen-bond donors (Lipinski definition) is 1. The first kappa shape index (κ1) is 14.7. The molecule has 0 radical (unpaired) electrons. The number of carbonyl (C=O) groups excluding carboxylic acids is 1. The first-order valence-electron chi connectivity index (χ1n) is 5.75. The highest BCUT2D eigenvalue weighted by Gasteiger charge is 2.12. The molecule has 0 bridgehead atoms. The number of allylic oxidation sites excluding steroid dienone is 1. The summed E-state index contributed by atoms with van der Waals surface area (Å²) in [5.74, 6) is -1.90. The lowest BCUT2D eigenvalue weighted by Crippen LogP contribution is -2.11. The van der Waals surface area contributed by atoms with Crippen molar-refractivity contribution in [3.63, 3.8) is 0 Å². The van der Waals surface area contributed by atoms with Crippen molar-refractivity contribution in [1.29, 1.82) is 0 Å². The van der Waals surface area contributed by atoms with E-state index >= 15 is 0 Å². The van der Waals surface area contributed by atoms with Crippen LogP contribution in [0.4, 0.5) is 0 Å². The predicted octanol–water partition coefficient (Wildman–Crippen LogP) is 2.88. The molecule has 0 saturated carbocycles. The van der Waals surface area contributed by atoms with Crippen LogP contribution in [0.3, 0.4) is 0 Å². The van der Waals surface area contributed by atoms with Gasteiger partial charge in [0.05, 0.1) is 0 Å². The number of ether oxygens (including phenoxy) is 1. The van der Waals surface area contributed by atoms with Gasteiger partial charge in [-0.05, 0) is 25.3 Å². The third-order valence-corrected chi connectivity index (χ3v) is 2.03. The summed E-state index contributed by atoms with van der Waals surface area (Å²) in [5, 5.41) is 8.80. The van der Waals surface area contributed by atoms with Gasteiger partial charge in [-0.15, -0.1) is 0 Å². The molecule has 4 nitrogen and oxygen atoms in total. The molecule has 0 amide bonds. The minimum absolute atomic E-state index is 0.241. The summed E-state index contributed by atoms with van der Waals surface area (Å²) in [4.78, 5) is 21.9. The summed E-state index contributed by atoms with van der Waals surface area (Å²) in [5.41, 5.74) is 0. The lowest BCUT2D eigenvalue weighted by atomic mass is 10.2. The van der Waals surface area contributed by atoms with E-state index in [1.54, 1.807) is 0 Å². The van der Waals surface area contributed by atoms with Gasteiger partial charge in [0, 0.05) is 6.42 Å². The van der Waals surface area contributed by atoms with Crippen LogP contribution in [0.5, 0.6) is 0 Å². The molecule has 16 heavy (non-hydrogen) atoms. The maximum Gasteiger partial charge on any atom is 0.371 e. The Hall–Kier alpha value is -1.32. The zero-order valence-electron chi connectivity index (χ0n) is 9.99.